The van der Waals surface area contributed by atoms with Gasteiger partial charge in [-0.1, -0.05) is 47.6 Å². The van der Waals surface area contributed by atoms with Crippen LogP contribution in [0.1, 0.15) is 5.56 Å². The topological polar surface area (TPSA) is 103 Å². The van der Waals surface area contributed by atoms with E-state index >= 15 is 0 Å². The van der Waals surface area contributed by atoms with E-state index in [-0.39, 0.29) is 22.0 Å². The first-order valence-corrected chi connectivity index (χ1v) is 13.2. The summed E-state index contributed by atoms with van der Waals surface area (Å²) < 4.78 is 50.5. The van der Waals surface area contributed by atoms with Gasteiger partial charge in [-0.2, -0.15) is 4.99 Å². The van der Waals surface area contributed by atoms with Crippen LogP contribution in [-0.4, -0.2) is 39.3 Å². The van der Waals surface area contributed by atoms with Gasteiger partial charge in [0.05, 0.1) is 27.4 Å². The third-order valence-corrected chi connectivity index (χ3v) is 7.74. The van der Waals surface area contributed by atoms with Crippen LogP contribution in [0.2, 0.25) is 0 Å². The molecule has 3 aromatic rings. The molecule has 1 amide bonds. The van der Waals surface area contributed by atoms with Crippen molar-refractivity contribution in [3.63, 3.8) is 0 Å². The van der Waals surface area contributed by atoms with Crippen LogP contribution in [0.4, 0.5) is 0 Å². The van der Waals surface area contributed by atoms with E-state index in [9.17, 15) is 21.6 Å². The molecule has 1 heterocycles. The highest BCUT2D eigenvalue weighted by Gasteiger charge is 2.18. The van der Waals surface area contributed by atoms with Crippen LogP contribution in [0.5, 0.6) is 0 Å². The minimum Gasteiger partial charge on any atom is -0.305 e. The summed E-state index contributed by atoms with van der Waals surface area (Å²) in [5.41, 5.74) is 1.20. The van der Waals surface area contributed by atoms with E-state index in [1.165, 1.54) is 12.1 Å². The zero-order valence-electron chi connectivity index (χ0n) is 16.0. The van der Waals surface area contributed by atoms with Crippen LogP contribution in [-0.2, 0) is 36.8 Å². The highest BCUT2D eigenvalue weighted by Crippen LogP contribution is 2.22. The lowest BCUT2D eigenvalue weighted by atomic mass is 10.2. The summed E-state index contributed by atoms with van der Waals surface area (Å²) in [6.45, 7) is 0.0983. The molecule has 0 saturated heterocycles. The number of terminal acetylenes is 1. The van der Waals surface area contributed by atoms with Crippen molar-refractivity contribution in [1.29, 1.82) is 0 Å². The number of carbonyl (C=O) groups is 1. The molecule has 0 radical (unpaired) electrons. The molecule has 1 aromatic heterocycles. The number of benzene rings is 2. The van der Waals surface area contributed by atoms with E-state index in [1.807, 2.05) is 0 Å². The summed E-state index contributed by atoms with van der Waals surface area (Å²) in [4.78, 5) is 16.7. The molecule has 0 saturated carbocycles. The van der Waals surface area contributed by atoms with Gasteiger partial charge in [0.1, 0.15) is 5.75 Å². The third-order valence-electron chi connectivity index (χ3n) is 4.12. The van der Waals surface area contributed by atoms with E-state index in [0.29, 0.717) is 15.8 Å². The first kappa shape index (κ1) is 22.0. The van der Waals surface area contributed by atoms with Crippen LogP contribution >= 0.6 is 11.3 Å². The highest BCUT2D eigenvalue weighted by molar-refractivity contribution is 7.91. The van der Waals surface area contributed by atoms with Gasteiger partial charge in [0, 0.05) is 6.26 Å². The number of nitrogens with zero attached hydrogens (tertiary/aromatic N) is 2. The van der Waals surface area contributed by atoms with Crippen molar-refractivity contribution in [1.82, 2.24) is 4.57 Å². The predicted octanol–water partition coefficient (Wildman–Crippen LogP) is 1.78. The zero-order valence-corrected chi connectivity index (χ0v) is 18.4. The molecule has 3 rings (SSSR count). The molecule has 156 valence electrons. The molecule has 0 fully saturated rings. The van der Waals surface area contributed by atoms with Crippen LogP contribution in [0.15, 0.2) is 58.4 Å². The Morgan fingerprint density at radius 1 is 1.13 bits per heavy atom. The van der Waals surface area contributed by atoms with Gasteiger partial charge in [-0.15, -0.1) is 6.42 Å². The summed E-state index contributed by atoms with van der Waals surface area (Å²) >= 11 is 1.07. The van der Waals surface area contributed by atoms with Crippen LogP contribution in [0, 0.1) is 12.3 Å². The number of thiazole rings is 1. The number of carbonyl (C=O) groups excluding carboxylic acids is 1. The van der Waals surface area contributed by atoms with Crippen LogP contribution in [0.25, 0.3) is 10.2 Å². The van der Waals surface area contributed by atoms with Crippen LogP contribution < -0.4 is 4.80 Å². The second-order valence-corrected chi connectivity index (χ2v) is 11.7. The summed E-state index contributed by atoms with van der Waals surface area (Å²) in [6.07, 6.45) is 6.51. The summed E-state index contributed by atoms with van der Waals surface area (Å²) in [5, 5.41) is 0. The molecule has 0 atom stereocenters. The Morgan fingerprint density at radius 3 is 2.47 bits per heavy atom. The molecule has 0 aliphatic rings. The molecule has 10 heteroatoms. The minimum absolute atomic E-state index is 0.0983. The number of fused-ring (bicyclic) bond motifs is 1. The van der Waals surface area contributed by atoms with Gasteiger partial charge in [-0.25, -0.2) is 16.8 Å². The van der Waals surface area contributed by atoms with Crippen molar-refractivity contribution >= 4 is 47.1 Å². The molecule has 0 bridgehead atoms. The van der Waals surface area contributed by atoms with E-state index < -0.39 is 31.3 Å². The SMILES string of the molecule is C#CCn1c(=NC(=O)CS(=O)(=O)Cc2ccccc2)sc2cc(S(C)(=O)=O)ccc21. The van der Waals surface area contributed by atoms with Crippen molar-refractivity contribution in [3.8, 4) is 12.3 Å². The predicted molar refractivity (Wildman–Crippen MR) is 116 cm³/mol. The average Bonchev–Trinajstić information content (AvgIpc) is 2.97. The standard InChI is InChI=1S/C20H18N2O5S3/c1-3-11-22-17-10-9-16(29(2,24)25)12-18(17)28-20(22)21-19(23)14-30(26,27)13-15-7-5-4-6-8-15/h1,4-10,12H,11,13-14H2,2H3. The molecular formula is C20H18N2O5S3. The molecule has 0 aliphatic heterocycles. The highest BCUT2D eigenvalue weighted by atomic mass is 32.2. The summed E-state index contributed by atoms with van der Waals surface area (Å²) in [7, 11) is -7.11. The lowest BCUT2D eigenvalue weighted by Gasteiger charge is -2.03. The molecule has 0 N–H and O–H groups in total. The second-order valence-electron chi connectivity index (χ2n) is 6.60. The normalized spacial score (nSPS) is 12.7. The maximum Gasteiger partial charge on any atom is 0.263 e. The first-order valence-electron chi connectivity index (χ1n) is 8.68. The fourth-order valence-corrected chi connectivity index (χ4v) is 5.87. The smallest absolute Gasteiger partial charge is 0.263 e. The van der Waals surface area contributed by atoms with E-state index in [2.05, 4.69) is 10.9 Å². The average molecular weight is 463 g/mol. The maximum absolute atomic E-state index is 12.4. The number of hydrogen-bond acceptors (Lipinski definition) is 6. The molecule has 0 unspecified atom stereocenters. The molecule has 2 aromatic carbocycles. The molecule has 0 aliphatic carbocycles. The fourth-order valence-electron chi connectivity index (χ4n) is 2.82. The Labute approximate surface area is 178 Å². The molecular weight excluding hydrogens is 444 g/mol. The second kappa shape index (κ2) is 8.55. The van der Waals surface area contributed by atoms with Gasteiger partial charge in [-0.3, -0.25) is 4.79 Å². The Kier molecular flexibility index (Phi) is 6.26. The van der Waals surface area contributed by atoms with Gasteiger partial charge in [-0.05, 0) is 23.8 Å². The molecule has 30 heavy (non-hydrogen) atoms. The first-order chi connectivity index (χ1) is 14.1. The number of rotatable bonds is 6. The number of amides is 1. The quantitative estimate of drug-likeness (QED) is 0.520. The van der Waals surface area contributed by atoms with Gasteiger partial charge < -0.3 is 4.57 Å². The maximum atomic E-state index is 12.4. The molecule has 0 spiro atoms. The van der Waals surface area contributed by atoms with Crippen molar-refractivity contribution in [2.45, 2.75) is 17.2 Å². The van der Waals surface area contributed by atoms with Crippen molar-refractivity contribution in [2.24, 2.45) is 4.99 Å². The molecule has 7 nitrogen and oxygen atoms in total. The lowest BCUT2D eigenvalue weighted by molar-refractivity contribution is -0.115. The zero-order chi connectivity index (χ0) is 21.9. The van der Waals surface area contributed by atoms with Crippen molar-refractivity contribution in [3.05, 3.63) is 58.9 Å². The van der Waals surface area contributed by atoms with E-state index in [0.717, 1.165) is 17.6 Å². The monoisotopic (exact) mass is 462 g/mol. The Morgan fingerprint density at radius 2 is 1.83 bits per heavy atom. The van der Waals surface area contributed by atoms with E-state index in [1.54, 1.807) is 41.0 Å². The Balaban J connectivity index is 1.97. The summed E-state index contributed by atoms with van der Waals surface area (Å²) in [5.74, 6) is 0.655. The van der Waals surface area contributed by atoms with Gasteiger partial charge >= 0.3 is 0 Å². The Bertz CT molecular complexity index is 1430. The van der Waals surface area contributed by atoms with Gasteiger partial charge in [0.25, 0.3) is 5.91 Å². The Hall–Kier alpha value is -2.74. The number of aromatic nitrogens is 1. The van der Waals surface area contributed by atoms with E-state index in [4.69, 9.17) is 6.42 Å². The minimum atomic E-state index is -3.70. The van der Waals surface area contributed by atoms with Gasteiger partial charge in [0.2, 0.25) is 0 Å². The largest absolute Gasteiger partial charge is 0.305 e. The van der Waals surface area contributed by atoms with Crippen LogP contribution in [0.3, 0.4) is 0 Å². The number of hydrogen-bond donors (Lipinski definition) is 0. The van der Waals surface area contributed by atoms with Crippen molar-refractivity contribution in [2.75, 3.05) is 12.0 Å². The summed E-state index contributed by atoms with van der Waals surface area (Å²) in [6, 6.07) is 13.1. The third kappa shape index (κ3) is 5.24. The van der Waals surface area contributed by atoms with Crippen molar-refractivity contribution < 1.29 is 21.6 Å². The fraction of sp³-hybridized carbons (Fsp3) is 0.200. The van der Waals surface area contributed by atoms with Gasteiger partial charge in [0.15, 0.2) is 24.5 Å². The number of sulfone groups is 2. The lowest BCUT2D eigenvalue weighted by Crippen LogP contribution is -2.21.